The van der Waals surface area contributed by atoms with Crippen molar-refractivity contribution < 1.29 is 9.53 Å². The number of aromatic nitrogens is 5. The summed E-state index contributed by atoms with van der Waals surface area (Å²) in [5.74, 6) is 0.790. The number of carbonyl (C=O) groups is 1. The van der Waals surface area contributed by atoms with Gasteiger partial charge in [-0.1, -0.05) is 0 Å². The van der Waals surface area contributed by atoms with E-state index in [0.717, 1.165) is 48.7 Å². The zero-order valence-corrected chi connectivity index (χ0v) is 16.6. The lowest BCUT2D eigenvalue weighted by Gasteiger charge is -2.22. The second-order valence-corrected chi connectivity index (χ2v) is 7.20. The summed E-state index contributed by atoms with van der Waals surface area (Å²) in [7, 11) is 0. The van der Waals surface area contributed by atoms with E-state index in [1.54, 1.807) is 35.5 Å². The number of anilines is 1. The van der Waals surface area contributed by atoms with Gasteiger partial charge in [0.05, 0.1) is 17.6 Å². The lowest BCUT2D eigenvalue weighted by atomic mass is 9.90. The Bertz CT molecular complexity index is 978. The number of nitrogens with zero attached hydrogens (tertiary/aromatic N) is 5. The van der Waals surface area contributed by atoms with E-state index in [2.05, 4.69) is 25.4 Å². The molecule has 1 aliphatic rings. The molecule has 1 aliphatic heterocycles. The summed E-state index contributed by atoms with van der Waals surface area (Å²) in [4.78, 5) is 25.1. The third-order valence-electron chi connectivity index (χ3n) is 5.25. The van der Waals surface area contributed by atoms with Crippen LogP contribution >= 0.6 is 0 Å². The molecule has 3 aromatic rings. The summed E-state index contributed by atoms with van der Waals surface area (Å²) in [6.45, 7) is 5.77. The molecule has 0 aliphatic carbocycles. The van der Waals surface area contributed by atoms with E-state index >= 15 is 0 Å². The van der Waals surface area contributed by atoms with Gasteiger partial charge in [0.2, 0.25) is 5.91 Å². The van der Waals surface area contributed by atoms with Gasteiger partial charge in [0.25, 0.3) is 0 Å². The van der Waals surface area contributed by atoms with Crippen LogP contribution in [0.15, 0.2) is 36.9 Å². The Morgan fingerprint density at radius 2 is 2.00 bits per heavy atom. The van der Waals surface area contributed by atoms with E-state index in [1.165, 1.54) is 5.56 Å². The summed E-state index contributed by atoms with van der Waals surface area (Å²) >= 11 is 0. The molecule has 1 fully saturated rings. The lowest BCUT2D eigenvalue weighted by molar-refractivity contribution is -0.117. The molecule has 4 heterocycles. The molecule has 8 nitrogen and oxygen atoms in total. The molecule has 0 bridgehead atoms. The van der Waals surface area contributed by atoms with Crippen LogP contribution in [0, 0.1) is 13.8 Å². The highest BCUT2D eigenvalue weighted by molar-refractivity contribution is 5.89. The summed E-state index contributed by atoms with van der Waals surface area (Å²) in [6, 6.07) is 3.62. The highest BCUT2D eigenvalue weighted by atomic mass is 16.5. The van der Waals surface area contributed by atoms with Crippen molar-refractivity contribution in [3.8, 4) is 11.3 Å². The number of nitrogens with one attached hydrogen (secondary N) is 1. The van der Waals surface area contributed by atoms with Crippen LogP contribution in [0.25, 0.3) is 11.3 Å². The Labute approximate surface area is 169 Å². The Hall–Kier alpha value is -3.13. The van der Waals surface area contributed by atoms with Crippen LogP contribution in [-0.4, -0.2) is 43.9 Å². The minimum atomic E-state index is -0.158. The normalized spacial score (nSPS) is 14.7. The molecule has 0 saturated carbocycles. The van der Waals surface area contributed by atoms with Crippen LogP contribution in [0.3, 0.4) is 0 Å². The predicted octanol–water partition coefficient (Wildman–Crippen LogP) is 2.88. The number of hydrogen-bond acceptors (Lipinski definition) is 6. The van der Waals surface area contributed by atoms with Gasteiger partial charge in [0, 0.05) is 43.1 Å². The maximum Gasteiger partial charge on any atom is 0.247 e. The molecule has 0 spiro atoms. The highest BCUT2D eigenvalue weighted by Crippen LogP contribution is 2.31. The van der Waals surface area contributed by atoms with E-state index in [-0.39, 0.29) is 12.5 Å². The molecular weight excluding hydrogens is 368 g/mol. The summed E-state index contributed by atoms with van der Waals surface area (Å²) in [5, 5.41) is 7.44. The van der Waals surface area contributed by atoms with Crippen molar-refractivity contribution in [2.45, 2.75) is 39.2 Å². The van der Waals surface area contributed by atoms with E-state index in [1.807, 2.05) is 19.9 Å². The first kappa shape index (κ1) is 19.2. The van der Waals surface area contributed by atoms with Gasteiger partial charge >= 0.3 is 0 Å². The third kappa shape index (κ3) is 4.32. The van der Waals surface area contributed by atoms with E-state index < -0.39 is 0 Å². The second-order valence-electron chi connectivity index (χ2n) is 7.20. The Balaban J connectivity index is 1.42. The van der Waals surface area contributed by atoms with Crippen LogP contribution in [0.4, 0.5) is 5.82 Å². The van der Waals surface area contributed by atoms with Crippen molar-refractivity contribution in [2.24, 2.45) is 0 Å². The molecule has 0 atom stereocenters. The monoisotopic (exact) mass is 392 g/mol. The standard InChI is InChI=1S/C21H24N6O2/c1-14-21(16-5-9-29-10-6-16)15(2)27(26-14)13-20(28)25-19-4-3-17(11-24-19)18-12-22-7-8-23-18/h3-4,7-8,11-12,16H,5-6,9-10,13H2,1-2H3,(H,24,25,28). The van der Waals surface area contributed by atoms with E-state index in [4.69, 9.17) is 4.74 Å². The number of rotatable bonds is 5. The first-order chi connectivity index (χ1) is 14.1. The minimum Gasteiger partial charge on any atom is -0.381 e. The van der Waals surface area contributed by atoms with Crippen molar-refractivity contribution >= 4 is 11.7 Å². The maximum atomic E-state index is 12.5. The number of pyridine rings is 1. The van der Waals surface area contributed by atoms with Crippen LogP contribution < -0.4 is 5.32 Å². The van der Waals surface area contributed by atoms with Gasteiger partial charge in [0.1, 0.15) is 12.4 Å². The van der Waals surface area contributed by atoms with Crippen LogP contribution in [0.2, 0.25) is 0 Å². The first-order valence-electron chi connectivity index (χ1n) is 9.76. The number of carbonyl (C=O) groups excluding carboxylic acids is 1. The van der Waals surface area contributed by atoms with E-state index in [0.29, 0.717) is 11.7 Å². The van der Waals surface area contributed by atoms with Gasteiger partial charge in [-0.15, -0.1) is 0 Å². The fourth-order valence-electron chi connectivity index (χ4n) is 3.83. The SMILES string of the molecule is Cc1nn(CC(=O)Nc2ccc(-c3cnccn3)cn2)c(C)c1C1CCOCC1. The van der Waals surface area contributed by atoms with Gasteiger partial charge in [-0.05, 0) is 50.3 Å². The molecule has 4 rings (SSSR count). The van der Waals surface area contributed by atoms with Crippen molar-refractivity contribution in [3.05, 3.63) is 53.9 Å². The van der Waals surface area contributed by atoms with Gasteiger partial charge in [-0.25, -0.2) is 4.98 Å². The smallest absolute Gasteiger partial charge is 0.247 e. The molecule has 1 N–H and O–H groups in total. The predicted molar refractivity (Wildman–Crippen MR) is 108 cm³/mol. The summed E-state index contributed by atoms with van der Waals surface area (Å²) in [5.41, 5.74) is 4.88. The number of aryl methyl sites for hydroxylation is 1. The van der Waals surface area contributed by atoms with Gasteiger partial charge in [-0.3, -0.25) is 19.4 Å². The molecule has 3 aromatic heterocycles. The fourth-order valence-corrected chi connectivity index (χ4v) is 3.83. The number of amides is 1. The molecular formula is C21H24N6O2. The van der Waals surface area contributed by atoms with Crippen molar-refractivity contribution in [3.63, 3.8) is 0 Å². The fraction of sp³-hybridized carbons (Fsp3) is 0.381. The van der Waals surface area contributed by atoms with Crippen molar-refractivity contribution in [1.29, 1.82) is 0 Å². The Morgan fingerprint density at radius 3 is 2.69 bits per heavy atom. The second kappa shape index (κ2) is 8.48. The van der Waals surface area contributed by atoms with E-state index in [9.17, 15) is 4.79 Å². The molecule has 0 radical (unpaired) electrons. The molecule has 0 aromatic carbocycles. The van der Waals surface area contributed by atoms with Gasteiger partial charge in [-0.2, -0.15) is 5.10 Å². The van der Waals surface area contributed by atoms with Gasteiger partial charge in [0.15, 0.2) is 0 Å². The molecule has 8 heteroatoms. The average molecular weight is 392 g/mol. The summed E-state index contributed by atoms with van der Waals surface area (Å²) < 4.78 is 7.25. The minimum absolute atomic E-state index is 0.156. The molecule has 0 unspecified atom stereocenters. The highest BCUT2D eigenvalue weighted by Gasteiger charge is 2.24. The maximum absolute atomic E-state index is 12.5. The Kier molecular flexibility index (Phi) is 5.62. The summed E-state index contributed by atoms with van der Waals surface area (Å²) in [6.07, 6.45) is 8.61. The third-order valence-corrected chi connectivity index (χ3v) is 5.25. The van der Waals surface area contributed by atoms with Crippen LogP contribution in [-0.2, 0) is 16.1 Å². The van der Waals surface area contributed by atoms with Gasteiger partial charge < -0.3 is 10.1 Å². The topological polar surface area (TPSA) is 94.8 Å². The van der Waals surface area contributed by atoms with Crippen LogP contribution in [0.1, 0.15) is 35.7 Å². The average Bonchev–Trinajstić information content (AvgIpc) is 3.02. The van der Waals surface area contributed by atoms with Crippen LogP contribution in [0.5, 0.6) is 0 Å². The molecule has 1 amide bonds. The number of hydrogen-bond donors (Lipinski definition) is 1. The van der Waals surface area contributed by atoms with Crippen molar-refractivity contribution in [1.82, 2.24) is 24.7 Å². The zero-order valence-electron chi connectivity index (χ0n) is 16.6. The molecule has 150 valence electrons. The Morgan fingerprint density at radius 1 is 1.17 bits per heavy atom. The number of ether oxygens (including phenoxy) is 1. The van der Waals surface area contributed by atoms with Crippen molar-refractivity contribution in [2.75, 3.05) is 18.5 Å². The lowest BCUT2D eigenvalue weighted by Crippen LogP contribution is -2.21. The largest absolute Gasteiger partial charge is 0.381 e. The molecule has 29 heavy (non-hydrogen) atoms. The first-order valence-corrected chi connectivity index (χ1v) is 9.76. The zero-order chi connectivity index (χ0) is 20.2. The molecule has 1 saturated heterocycles. The quantitative estimate of drug-likeness (QED) is 0.717.